The quantitative estimate of drug-likeness (QED) is 0.926. The summed E-state index contributed by atoms with van der Waals surface area (Å²) in [6.07, 6.45) is 5.66. The smallest absolute Gasteiger partial charge is 0.341 e. The Labute approximate surface area is 122 Å². The molecule has 1 fully saturated rings. The zero-order chi connectivity index (χ0) is 14.9. The fourth-order valence-electron chi connectivity index (χ4n) is 3.18. The first-order valence-electron chi connectivity index (χ1n) is 7.29. The average Bonchev–Trinajstić information content (AvgIpc) is 2.46. The van der Waals surface area contributed by atoms with Crippen molar-refractivity contribution in [1.82, 2.24) is 0 Å². The number of Topliss-reactive ketones (excluding diaryl/α,β-unsaturated/α-hetero) is 1. The highest BCUT2D eigenvalue weighted by Crippen LogP contribution is 2.42. The molecule has 1 N–H and O–H groups in total. The monoisotopic (exact) mass is 290 g/mol. The van der Waals surface area contributed by atoms with Crippen LogP contribution in [0.3, 0.4) is 0 Å². The van der Waals surface area contributed by atoms with Gasteiger partial charge in [0.15, 0.2) is 12.4 Å². The summed E-state index contributed by atoms with van der Waals surface area (Å²) in [6, 6.07) is 4.94. The topological polar surface area (TPSA) is 72.8 Å². The van der Waals surface area contributed by atoms with Crippen LogP contribution in [0.5, 0.6) is 11.5 Å². The third kappa shape index (κ3) is 2.86. The molecule has 1 saturated carbocycles. The van der Waals surface area contributed by atoms with Gasteiger partial charge in [-0.25, -0.2) is 4.79 Å². The van der Waals surface area contributed by atoms with E-state index in [1.54, 1.807) is 18.2 Å². The standard InChI is InChI=1S/C16H18O5/c17-13-9-16(6-2-1-3-7-16)21-14-5-4-11(8-12(13)14)20-10-15(18)19/h4-5,8H,1-3,6-7,9-10H2,(H,18,19). The van der Waals surface area contributed by atoms with Gasteiger partial charge in [0.2, 0.25) is 0 Å². The van der Waals surface area contributed by atoms with E-state index in [9.17, 15) is 9.59 Å². The summed E-state index contributed by atoms with van der Waals surface area (Å²) in [5.74, 6) is -0.0149. The van der Waals surface area contributed by atoms with Crippen LogP contribution in [0.1, 0.15) is 48.9 Å². The van der Waals surface area contributed by atoms with Crippen LogP contribution in [0.4, 0.5) is 0 Å². The van der Waals surface area contributed by atoms with Crippen molar-refractivity contribution in [2.24, 2.45) is 0 Å². The van der Waals surface area contributed by atoms with Gasteiger partial charge in [-0.2, -0.15) is 0 Å². The van der Waals surface area contributed by atoms with E-state index >= 15 is 0 Å². The van der Waals surface area contributed by atoms with E-state index in [1.165, 1.54) is 6.42 Å². The number of rotatable bonds is 3. The van der Waals surface area contributed by atoms with Crippen LogP contribution in [0.2, 0.25) is 0 Å². The van der Waals surface area contributed by atoms with Crippen molar-refractivity contribution in [3.63, 3.8) is 0 Å². The molecule has 3 rings (SSSR count). The normalized spacial score (nSPS) is 19.7. The number of ketones is 1. The lowest BCUT2D eigenvalue weighted by Gasteiger charge is -2.40. The lowest BCUT2D eigenvalue weighted by atomic mass is 9.78. The Kier molecular flexibility index (Phi) is 3.57. The Hall–Kier alpha value is -2.04. The molecule has 5 nitrogen and oxygen atoms in total. The van der Waals surface area contributed by atoms with E-state index in [1.807, 2.05) is 0 Å². The minimum absolute atomic E-state index is 0.0546. The van der Waals surface area contributed by atoms with E-state index in [0.29, 0.717) is 23.5 Å². The first kappa shape index (κ1) is 13.9. The van der Waals surface area contributed by atoms with E-state index in [-0.39, 0.29) is 11.4 Å². The Balaban J connectivity index is 1.82. The highest BCUT2D eigenvalue weighted by atomic mass is 16.5. The highest BCUT2D eigenvalue weighted by Gasteiger charge is 2.41. The summed E-state index contributed by atoms with van der Waals surface area (Å²) < 4.78 is 11.2. The number of aliphatic carboxylic acids is 1. The summed E-state index contributed by atoms with van der Waals surface area (Å²) in [5, 5.41) is 8.61. The molecular formula is C16H18O5. The molecular weight excluding hydrogens is 272 g/mol. The van der Waals surface area contributed by atoms with Gasteiger partial charge in [-0.05, 0) is 43.9 Å². The second-order valence-corrected chi connectivity index (χ2v) is 5.79. The molecule has 0 unspecified atom stereocenters. The first-order chi connectivity index (χ1) is 10.1. The molecule has 5 heteroatoms. The molecule has 0 radical (unpaired) electrons. The predicted molar refractivity (Wildman–Crippen MR) is 75.0 cm³/mol. The first-order valence-corrected chi connectivity index (χ1v) is 7.29. The van der Waals surface area contributed by atoms with Gasteiger partial charge >= 0.3 is 5.97 Å². The van der Waals surface area contributed by atoms with Crippen LogP contribution >= 0.6 is 0 Å². The van der Waals surface area contributed by atoms with Crippen LogP contribution in [0.25, 0.3) is 0 Å². The Morgan fingerprint density at radius 1 is 1.29 bits per heavy atom. The summed E-state index contributed by atoms with van der Waals surface area (Å²) in [5.41, 5.74) is 0.167. The molecule has 1 aromatic carbocycles. The number of fused-ring (bicyclic) bond motifs is 1. The second kappa shape index (κ2) is 5.39. The Bertz CT molecular complexity index is 572. The lowest BCUT2D eigenvalue weighted by molar-refractivity contribution is -0.139. The van der Waals surface area contributed by atoms with Gasteiger partial charge in [0, 0.05) is 0 Å². The zero-order valence-corrected chi connectivity index (χ0v) is 11.8. The molecule has 0 amide bonds. The number of hydrogen-bond donors (Lipinski definition) is 1. The summed E-state index contributed by atoms with van der Waals surface area (Å²) in [4.78, 5) is 22.9. The molecule has 1 aliphatic heterocycles. The fourth-order valence-corrected chi connectivity index (χ4v) is 3.18. The van der Waals surface area contributed by atoms with Crippen LogP contribution in [0.15, 0.2) is 18.2 Å². The zero-order valence-electron chi connectivity index (χ0n) is 11.8. The van der Waals surface area contributed by atoms with E-state index < -0.39 is 12.6 Å². The van der Waals surface area contributed by atoms with Gasteiger partial charge in [-0.1, -0.05) is 6.42 Å². The fraction of sp³-hybridized carbons (Fsp3) is 0.500. The van der Waals surface area contributed by atoms with Crippen molar-refractivity contribution in [2.45, 2.75) is 44.1 Å². The minimum atomic E-state index is -1.04. The molecule has 112 valence electrons. The van der Waals surface area contributed by atoms with Gasteiger partial charge in [0.1, 0.15) is 17.1 Å². The number of ether oxygens (including phenoxy) is 2. The number of hydrogen-bond acceptors (Lipinski definition) is 4. The number of carboxylic acids is 1. The van der Waals surface area contributed by atoms with Crippen molar-refractivity contribution in [1.29, 1.82) is 0 Å². The van der Waals surface area contributed by atoms with Crippen LogP contribution < -0.4 is 9.47 Å². The maximum atomic E-state index is 12.4. The van der Waals surface area contributed by atoms with Crippen molar-refractivity contribution >= 4 is 11.8 Å². The van der Waals surface area contributed by atoms with Gasteiger partial charge in [0.05, 0.1) is 12.0 Å². The molecule has 0 bridgehead atoms. The average molecular weight is 290 g/mol. The van der Waals surface area contributed by atoms with E-state index in [2.05, 4.69) is 0 Å². The van der Waals surface area contributed by atoms with Crippen molar-refractivity contribution < 1.29 is 24.2 Å². The number of carbonyl (C=O) groups excluding carboxylic acids is 1. The van der Waals surface area contributed by atoms with Crippen molar-refractivity contribution in [2.75, 3.05) is 6.61 Å². The van der Waals surface area contributed by atoms with Gasteiger partial charge in [-0.3, -0.25) is 4.79 Å². The molecule has 1 spiro atoms. The Morgan fingerprint density at radius 2 is 2.05 bits per heavy atom. The summed E-state index contributed by atoms with van der Waals surface area (Å²) in [7, 11) is 0. The largest absolute Gasteiger partial charge is 0.486 e. The summed E-state index contributed by atoms with van der Waals surface area (Å²) in [6.45, 7) is -0.419. The third-order valence-corrected chi connectivity index (χ3v) is 4.19. The second-order valence-electron chi connectivity index (χ2n) is 5.79. The SMILES string of the molecule is O=C(O)COc1ccc2c(c1)C(=O)CC1(CCCCC1)O2. The molecule has 1 aliphatic carbocycles. The predicted octanol–water partition coefficient (Wildman–Crippen LogP) is 2.82. The number of benzene rings is 1. The maximum absolute atomic E-state index is 12.4. The van der Waals surface area contributed by atoms with Crippen molar-refractivity contribution in [3.05, 3.63) is 23.8 Å². The molecule has 1 aromatic rings. The number of carboxylic acid groups (broad SMARTS) is 1. The lowest BCUT2D eigenvalue weighted by Crippen LogP contribution is -2.43. The van der Waals surface area contributed by atoms with Crippen molar-refractivity contribution in [3.8, 4) is 11.5 Å². The Morgan fingerprint density at radius 3 is 2.76 bits per heavy atom. The summed E-state index contributed by atoms with van der Waals surface area (Å²) >= 11 is 0. The van der Waals surface area contributed by atoms with Crippen LogP contribution in [-0.4, -0.2) is 29.1 Å². The van der Waals surface area contributed by atoms with Gasteiger partial charge < -0.3 is 14.6 Å². The maximum Gasteiger partial charge on any atom is 0.341 e. The molecule has 2 aliphatic rings. The molecule has 1 heterocycles. The molecule has 0 aromatic heterocycles. The highest BCUT2D eigenvalue weighted by molar-refractivity contribution is 6.00. The third-order valence-electron chi connectivity index (χ3n) is 4.19. The van der Waals surface area contributed by atoms with Gasteiger partial charge in [0.25, 0.3) is 0 Å². The molecule has 21 heavy (non-hydrogen) atoms. The minimum Gasteiger partial charge on any atom is -0.486 e. The van der Waals surface area contributed by atoms with E-state index in [4.69, 9.17) is 14.6 Å². The van der Waals surface area contributed by atoms with E-state index in [0.717, 1.165) is 25.7 Å². The number of carbonyl (C=O) groups is 2. The van der Waals surface area contributed by atoms with Crippen LogP contribution in [0, 0.1) is 0 Å². The molecule has 0 saturated heterocycles. The van der Waals surface area contributed by atoms with Gasteiger partial charge in [-0.15, -0.1) is 0 Å². The molecule has 0 atom stereocenters. The van der Waals surface area contributed by atoms with Crippen LogP contribution in [-0.2, 0) is 4.79 Å².